The average Bonchev–Trinajstić information content (AvgIpc) is 3.13. The molecule has 0 spiro atoms. The Morgan fingerprint density at radius 2 is 2.12 bits per heavy atom. The molecule has 0 radical (unpaired) electrons. The fourth-order valence-corrected chi connectivity index (χ4v) is 2.69. The Labute approximate surface area is 154 Å². The van der Waals surface area contributed by atoms with E-state index in [0.717, 1.165) is 16.8 Å². The number of rotatable bonds is 8. The summed E-state index contributed by atoms with van der Waals surface area (Å²) in [5.41, 5.74) is 0.823. The lowest BCUT2D eigenvalue weighted by Gasteiger charge is -2.11. The Morgan fingerprint density at radius 1 is 1.38 bits per heavy atom. The average molecular weight is 376 g/mol. The largest absolute Gasteiger partial charge is 0.394 e. The molecule has 138 valence electrons. The van der Waals surface area contributed by atoms with Gasteiger partial charge in [-0.1, -0.05) is 41.7 Å². The van der Waals surface area contributed by atoms with Gasteiger partial charge in [0.25, 0.3) is 5.91 Å². The maximum Gasteiger partial charge on any atom is 0.273 e. The topological polar surface area (TPSA) is 146 Å². The van der Waals surface area contributed by atoms with Crippen LogP contribution in [0.15, 0.2) is 40.4 Å². The minimum Gasteiger partial charge on any atom is -0.394 e. The monoisotopic (exact) mass is 376 g/mol. The number of aliphatic hydroxyl groups is 2. The van der Waals surface area contributed by atoms with E-state index in [1.54, 1.807) is 0 Å². The molecule has 2 unspecified atom stereocenters. The molecule has 5 N–H and O–H groups in total. The van der Waals surface area contributed by atoms with E-state index in [-0.39, 0.29) is 18.9 Å². The van der Waals surface area contributed by atoms with Gasteiger partial charge in [-0.2, -0.15) is 5.10 Å². The second kappa shape index (κ2) is 9.70. The van der Waals surface area contributed by atoms with Gasteiger partial charge in [-0.25, -0.2) is 0 Å². The molecule has 2 rings (SSSR count). The number of nitrogens with one attached hydrogen (secondary N) is 1. The second-order valence-electron chi connectivity index (χ2n) is 5.33. The minimum absolute atomic E-state index is 0.128. The molecule has 26 heavy (non-hydrogen) atoms. The molecule has 9 nitrogen and oxygen atoms in total. The fourth-order valence-electron chi connectivity index (χ4n) is 1.91. The van der Waals surface area contributed by atoms with Crippen molar-refractivity contribution >= 4 is 29.2 Å². The molecule has 10 heteroatoms. The summed E-state index contributed by atoms with van der Waals surface area (Å²) in [5, 5.41) is 34.1. The first kappa shape index (κ1) is 19.6. The smallest absolute Gasteiger partial charge is 0.273 e. The number of hydrogen-bond donors (Lipinski definition) is 4. The number of aromatic nitrogens is 2. The number of aliphatic imine (C=N–C) groups is 1. The van der Waals surface area contributed by atoms with Crippen LogP contribution < -0.4 is 11.2 Å². The summed E-state index contributed by atoms with van der Waals surface area (Å²) in [4.78, 5) is 16.0. The normalized spacial score (nSPS) is 14.3. The molecule has 1 aromatic carbocycles. The zero-order valence-corrected chi connectivity index (χ0v) is 14.9. The number of nitrogens with zero attached hydrogens (tertiary/aromatic N) is 4. The van der Waals surface area contributed by atoms with E-state index in [1.165, 1.54) is 18.3 Å². The van der Waals surface area contributed by atoms with Crippen LogP contribution in [0, 0.1) is 0 Å². The third kappa shape index (κ3) is 5.41. The van der Waals surface area contributed by atoms with Crippen molar-refractivity contribution in [1.82, 2.24) is 15.5 Å². The summed E-state index contributed by atoms with van der Waals surface area (Å²) in [6.07, 6.45) is 0.259. The summed E-state index contributed by atoms with van der Waals surface area (Å²) >= 11 is 1.37. The molecule has 1 aromatic heterocycles. The van der Waals surface area contributed by atoms with Crippen LogP contribution in [0.3, 0.4) is 0 Å². The molecule has 0 aliphatic carbocycles. The molecule has 1 heterocycles. The van der Waals surface area contributed by atoms with Gasteiger partial charge < -0.3 is 21.4 Å². The molecule has 0 aliphatic heterocycles. The number of hydrazone groups is 1. The van der Waals surface area contributed by atoms with E-state index < -0.39 is 18.1 Å². The number of aliphatic hydroxyl groups excluding tert-OH is 2. The summed E-state index contributed by atoms with van der Waals surface area (Å²) in [5.74, 6) is 4.67. The quantitative estimate of drug-likeness (QED) is 0.289. The zero-order valence-electron chi connectivity index (χ0n) is 14.1. The van der Waals surface area contributed by atoms with E-state index >= 15 is 0 Å². The van der Waals surface area contributed by atoms with Gasteiger partial charge >= 0.3 is 0 Å². The Bertz CT molecular complexity index is 775. The van der Waals surface area contributed by atoms with Gasteiger partial charge in [-0.15, -0.1) is 10.2 Å². The van der Waals surface area contributed by atoms with Crippen LogP contribution in [0.25, 0.3) is 10.6 Å². The van der Waals surface area contributed by atoms with Crippen molar-refractivity contribution in [2.45, 2.75) is 25.6 Å². The maximum absolute atomic E-state index is 12.1. The number of carbonyl (C=O) groups is 1. The van der Waals surface area contributed by atoms with Gasteiger partial charge in [-0.3, -0.25) is 9.79 Å². The Morgan fingerprint density at radius 3 is 2.73 bits per heavy atom. The first-order valence-corrected chi connectivity index (χ1v) is 8.62. The summed E-state index contributed by atoms with van der Waals surface area (Å²) in [7, 11) is 0. The molecular weight excluding hydrogens is 356 g/mol. The number of carbonyl (C=O) groups excluding carboxylic acids is 1. The van der Waals surface area contributed by atoms with Crippen LogP contribution in [-0.4, -0.2) is 57.0 Å². The number of amides is 1. The third-order valence-electron chi connectivity index (χ3n) is 3.39. The van der Waals surface area contributed by atoms with Crippen molar-refractivity contribution in [1.29, 1.82) is 0 Å². The van der Waals surface area contributed by atoms with Crippen LogP contribution >= 0.6 is 11.3 Å². The van der Waals surface area contributed by atoms with Crippen LogP contribution in [0.2, 0.25) is 0 Å². The van der Waals surface area contributed by atoms with Crippen molar-refractivity contribution in [3.63, 3.8) is 0 Å². The van der Waals surface area contributed by atoms with Crippen molar-refractivity contribution < 1.29 is 15.0 Å². The van der Waals surface area contributed by atoms with Crippen LogP contribution in [0.4, 0.5) is 0 Å². The lowest BCUT2D eigenvalue weighted by molar-refractivity contribution is -0.114. The Kier molecular flexibility index (Phi) is 7.33. The van der Waals surface area contributed by atoms with Gasteiger partial charge in [-0.05, 0) is 6.92 Å². The van der Waals surface area contributed by atoms with Gasteiger partial charge in [0.05, 0.1) is 31.5 Å². The first-order valence-electron chi connectivity index (χ1n) is 7.81. The van der Waals surface area contributed by atoms with Crippen molar-refractivity contribution in [2.75, 3.05) is 6.61 Å². The van der Waals surface area contributed by atoms with E-state index in [0.29, 0.717) is 5.01 Å². The SMILES string of the molecule is CC(O)C(CO)N=C/C(=N\N)C(=O)NCc1nnc(-c2ccccc2)s1. The highest BCUT2D eigenvalue weighted by atomic mass is 32.1. The summed E-state index contributed by atoms with van der Waals surface area (Å²) in [6.45, 7) is 1.29. The highest BCUT2D eigenvalue weighted by molar-refractivity contribution is 7.14. The molecule has 0 saturated heterocycles. The summed E-state index contributed by atoms with van der Waals surface area (Å²) < 4.78 is 0. The molecule has 0 aliphatic rings. The lowest BCUT2D eigenvalue weighted by atomic mass is 10.2. The fraction of sp³-hybridized carbons (Fsp3) is 0.312. The molecule has 0 bridgehead atoms. The predicted octanol–water partition coefficient (Wildman–Crippen LogP) is -0.0515. The first-order chi connectivity index (χ1) is 12.5. The summed E-state index contributed by atoms with van der Waals surface area (Å²) in [6, 6.07) is 8.84. The van der Waals surface area contributed by atoms with Gasteiger partial charge in [0.1, 0.15) is 10.0 Å². The molecule has 1 amide bonds. The minimum atomic E-state index is -0.865. The lowest BCUT2D eigenvalue weighted by Crippen LogP contribution is -2.33. The zero-order chi connectivity index (χ0) is 18.9. The Balaban J connectivity index is 1.95. The standard InChI is InChI=1S/C16H20N6O3S/c1-10(24)13(9-23)18-7-12(20-17)15(25)19-8-14-21-22-16(26-14)11-5-3-2-4-6-11/h2-7,10,13,23-24H,8-9,17H2,1H3,(H,19,25)/b18-7?,20-12+. The molecular formula is C16H20N6O3S. The van der Waals surface area contributed by atoms with Crippen molar-refractivity contribution in [3.05, 3.63) is 35.3 Å². The number of hydrogen-bond acceptors (Lipinski definition) is 9. The van der Waals surface area contributed by atoms with Crippen molar-refractivity contribution in [3.8, 4) is 10.6 Å². The highest BCUT2D eigenvalue weighted by Gasteiger charge is 2.15. The predicted molar refractivity (Wildman–Crippen MR) is 99.9 cm³/mol. The van der Waals surface area contributed by atoms with E-state index in [2.05, 4.69) is 25.6 Å². The van der Waals surface area contributed by atoms with E-state index in [4.69, 9.17) is 10.9 Å². The van der Waals surface area contributed by atoms with Crippen LogP contribution in [-0.2, 0) is 11.3 Å². The molecule has 2 atom stereocenters. The molecule has 0 fully saturated rings. The third-order valence-corrected chi connectivity index (χ3v) is 4.36. The molecule has 0 saturated carbocycles. The highest BCUT2D eigenvalue weighted by Crippen LogP contribution is 2.22. The number of benzene rings is 1. The second-order valence-corrected chi connectivity index (χ2v) is 6.39. The van der Waals surface area contributed by atoms with Gasteiger partial charge in [0.15, 0.2) is 5.71 Å². The van der Waals surface area contributed by atoms with E-state index in [9.17, 15) is 9.90 Å². The van der Waals surface area contributed by atoms with E-state index in [1.807, 2.05) is 30.3 Å². The number of nitrogens with two attached hydrogens (primary N) is 1. The molecule has 2 aromatic rings. The van der Waals surface area contributed by atoms with Crippen LogP contribution in [0.5, 0.6) is 0 Å². The van der Waals surface area contributed by atoms with Crippen molar-refractivity contribution in [2.24, 2.45) is 15.9 Å². The Hall–Kier alpha value is -2.69. The maximum atomic E-state index is 12.1. The van der Waals surface area contributed by atoms with Gasteiger partial charge in [0.2, 0.25) is 0 Å². The van der Waals surface area contributed by atoms with Gasteiger partial charge in [0, 0.05) is 5.56 Å². The van der Waals surface area contributed by atoms with Crippen LogP contribution in [0.1, 0.15) is 11.9 Å².